The van der Waals surface area contributed by atoms with E-state index in [1.54, 1.807) is 24.3 Å². The van der Waals surface area contributed by atoms with Crippen LogP contribution >= 0.6 is 0 Å². The highest BCUT2D eigenvalue weighted by molar-refractivity contribution is 5.98. The summed E-state index contributed by atoms with van der Waals surface area (Å²) >= 11 is 0. The maximum absolute atomic E-state index is 14.5. The molecule has 1 saturated carbocycles. The second-order valence-electron chi connectivity index (χ2n) is 18.7. The minimum Gasteiger partial charge on any atom is -0.508 e. The van der Waals surface area contributed by atoms with Crippen LogP contribution in [0.15, 0.2) is 115 Å². The Morgan fingerprint density at radius 2 is 1.56 bits per heavy atom. The molecular weight excluding hydrogens is 859 g/mol. The molecule has 0 aromatic heterocycles. The van der Waals surface area contributed by atoms with Crippen LogP contribution in [0.2, 0.25) is 0 Å². The number of carbonyl (C=O) groups excluding carboxylic acids is 2. The zero-order chi connectivity index (χ0) is 47.7. The zero-order valence-electron chi connectivity index (χ0n) is 38.9. The number of allylic oxidation sites excluding steroid dienone is 1. The molecule has 0 bridgehead atoms. The summed E-state index contributed by atoms with van der Waals surface area (Å²) in [6, 6.07) is 34.5. The third-order valence-corrected chi connectivity index (χ3v) is 14.8. The van der Waals surface area contributed by atoms with Gasteiger partial charge in [-0.2, -0.15) is 0 Å². The molecular formula is C57H59NO10. The Balaban J connectivity index is 1.16. The van der Waals surface area contributed by atoms with E-state index in [0.717, 1.165) is 60.8 Å². The minimum atomic E-state index is -0.884. The molecule has 0 unspecified atom stereocenters. The molecule has 68 heavy (non-hydrogen) atoms. The van der Waals surface area contributed by atoms with Gasteiger partial charge in [0.25, 0.3) is 0 Å². The molecule has 0 amide bonds. The van der Waals surface area contributed by atoms with Crippen molar-refractivity contribution in [2.24, 2.45) is 17.3 Å². The number of methoxy groups -OCH3 is 2. The van der Waals surface area contributed by atoms with Gasteiger partial charge in [0, 0.05) is 37.1 Å². The van der Waals surface area contributed by atoms with E-state index in [4.69, 9.17) is 18.9 Å². The topological polar surface area (TPSA) is 164 Å². The molecule has 0 saturated heterocycles. The molecule has 0 radical (unpaired) electrons. The van der Waals surface area contributed by atoms with Crippen LogP contribution in [0, 0.1) is 17.3 Å². The third kappa shape index (κ3) is 8.88. The minimum absolute atomic E-state index is 0.0341. The first-order valence-corrected chi connectivity index (χ1v) is 23.4. The van der Waals surface area contributed by atoms with Crippen molar-refractivity contribution in [1.82, 2.24) is 5.32 Å². The van der Waals surface area contributed by atoms with Crippen LogP contribution in [0.4, 0.5) is 0 Å². The van der Waals surface area contributed by atoms with Crippen molar-refractivity contribution in [3.8, 4) is 39.9 Å². The molecule has 11 nitrogen and oxygen atoms in total. The molecule has 6 aromatic carbocycles. The van der Waals surface area contributed by atoms with Gasteiger partial charge in [-0.05, 0) is 154 Å². The number of ether oxygens (including phenoxy) is 4. The first kappa shape index (κ1) is 46.3. The molecule has 1 fully saturated rings. The van der Waals surface area contributed by atoms with Crippen LogP contribution < -0.4 is 14.8 Å². The summed E-state index contributed by atoms with van der Waals surface area (Å²) in [7, 11) is 4.92. The van der Waals surface area contributed by atoms with Gasteiger partial charge in [0.1, 0.15) is 18.0 Å². The summed E-state index contributed by atoms with van der Waals surface area (Å²) in [6.45, 7) is 1.81. The number of hydrogen-bond acceptors (Lipinski definition) is 11. The lowest BCUT2D eigenvalue weighted by atomic mass is 9.46. The van der Waals surface area contributed by atoms with Gasteiger partial charge in [-0.3, -0.25) is 9.59 Å². The van der Waals surface area contributed by atoms with E-state index < -0.39 is 41.4 Å². The van der Waals surface area contributed by atoms with Crippen molar-refractivity contribution in [2.75, 3.05) is 27.9 Å². The van der Waals surface area contributed by atoms with Crippen LogP contribution in [-0.2, 0) is 44.9 Å². The van der Waals surface area contributed by atoms with Crippen molar-refractivity contribution in [2.45, 2.75) is 76.0 Å². The van der Waals surface area contributed by atoms with Crippen LogP contribution in [0.3, 0.4) is 0 Å². The van der Waals surface area contributed by atoms with Gasteiger partial charge in [0.05, 0.1) is 27.2 Å². The first-order valence-electron chi connectivity index (χ1n) is 23.4. The standard InChI is InChI=1S/C57H59NO10/c1-33(60)67-53-28-42(68-56(64)21-35-13-14-38-22-41(61)26-44(43(38)20-35)37-12-8-11-36(19-37)31-58-2)27-47-45-30-55(66-4)51(62)24-39(45)15-16-48(47)57(18-17-34-9-6-5-7-10-34)49(53)23-40-25-54(65-3)52(63)29-46(40)50(57)32-59/h5-14,17-20,22,24-26,29-30,42,47-50,53,58-59,61-63H,15-16,21,23,27-28,31-32H2,1-4H3/b18-17+/t42-,47+,48+,49+,50+,53+,57+/m0/s1. The summed E-state index contributed by atoms with van der Waals surface area (Å²) in [4.78, 5) is 27.8. The van der Waals surface area contributed by atoms with E-state index in [1.807, 2.05) is 85.9 Å². The number of fused-ring (bicyclic) bond motifs is 7. The van der Waals surface area contributed by atoms with Gasteiger partial charge < -0.3 is 44.7 Å². The first-order chi connectivity index (χ1) is 32.9. The largest absolute Gasteiger partial charge is 0.508 e. The Bertz CT molecular complexity index is 2880. The molecule has 0 spiro atoms. The van der Waals surface area contributed by atoms with E-state index in [0.29, 0.717) is 43.7 Å². The van der Waals surface area contributed by atoms with E-state index in [2.05, 4.69) is 23.5 Å². The fourth-order valence-electron chi connectivity index (χ4n) is 12.0. The summed E-state index contributed by atoms with van der Waals surface area (Å²) in [5, 5.41) is 49.8. The highest BCUT2D eigenvalue weighted by Gasteiger charge is 2.60. The van der Waals surface area contributed by atoms with Gasteiger partial charge in [-0.15, -0.1) is 0 Å². The lowest BCUT2D eigenvalue weighted by Gasteiger charge is -2.59. The molecule has 5 N–H and O–H groups in total. The molecule has 6 aromatic rings. The summed E-state index contributed by atoms with van der Waals surface area (Å²) in [6.07, 6.45) is 4.96. The van der Waals surface area contributed by atoms with Crippen LogP contribution in [0.25, 0.3) is 28.0 Å². The number of benzene rings is 6. The Morgan fingerprint density at radius 3 is 2.31 bits per heavy atom. The summed E-state index contributed by atoms with van der Waals surface area (Å²) < 4.78 is 24.4. The van der Waals surface area contributed by atoms with E-state index in [-0.39, 0.29) is 48.5 Å². The molecule has 0 aliphatic heterocycles. The third-order valence-electron chi connectivity index (χ3n) is 14.8. The lowest BCUT2D eigenvalue weighted by molar-refractivity contribution is -0.166. The number of nitrogens with one attached hydrogen (secondary N) is 1. The number of rotatable bonds is 12. The Labute approximate surface area is 397 Å². The average molecular weight is 918 g/mol. The van der Waals surface area contributed by atoms with E-state index >= 15 is 0 Å². The number of aromatic hydroxyl groups is 3. The normalized spacial score (nSPS) is 23.0. The number of aliphatic hydroxyl groups excluding tert-OH is 1. The second-order valence-corrected chi connectivity index (χ2v) is 18.7. The van der Waals surface area contributed by atoms with Gasteiger partial charge in [0.2, 0.25) is 0 Å². The Morgan fingerprint density at radius 1 is 0.779 bits per heavy atom. The zero-order valence-corrected chi connectivity index (χ0v) is 38.9. The maximum Gasteiger partial charge on any atom is 0.310 e. The number of hydrogen-bond donors (Lipinski definition) is 5. The smallest absolute Gasteiger partial charge is 0.310 e. The Hall–Kier alpha value is -6.82. The molecule has 3 aliphatic rings. The van der Waals surface area contributed by atoms with Gasteiger partial charge in [-0.1, -0.05) is 72.8 Å². The molecule has 7 atom stereocenters. The fraction of sp³-hybridized carbons (Fsp3) is 0.333. The van der Waals surface area contributed by atoms with Crippen molar-refractivity contribution < 1.29 is 49.0 Å². The van der Waals surface area contributed by atoms with Gasteiger partial charge in [-0.25, -0.2) is 0 Å². The molecule has 0 heterocycles. The quantitative estimate of drug-likeness (QED) is 0.0743. The van der Waals surface area contributed by atoms with E-state index in [1.165, 1.54) is 21.1 Å². The Kier molecular flexibility index (Phi) is 13.2. The van der Waals surface area contributed by atoms with Gasteiger partial charge >= 0.3 is 11.9 Å². The second kappa shape index (κ2) is 19.4. The molecule has 9 rings (SSSR count). The number of phenolic OH excluding ortho intramolecular Hbond substituents is 3. The van der Waals surface area contributed by atoms with E-state index in [9.17, 15) is 30.0 Å². The highest BCUT2D eigenvalue weighted by Crippen LogP contribution is 2.64. The van der Waals surface area contributed by atoms with Crippen LogP contribution in [0.1, 0.15) is 77.0 Å². The highest BCUT2D eigenvalue weighted by atomic mass is 16.6. The summed E-state index contributed by atoms with van der Waals surface area (Å²) in [5.74, 6) is -1.68. The number of carbonyl (C=O) groups is 2. The number of aliphatic hydroxyl groups is 1. The predicted molar refractivity (Wildman–Crippen MR) is 261 cm³/mol. The lowest BCUT2D eigenvalue weighted by Crippen LogP contribution is -2.56. The van der Waals surface area contributed by atoms with Gasteiger partial charge in [0.15, 0.2) is 23.0 Å². The number of phenols is 3. The fourth-order valence-corrected chi connectivity index (χ4v) is 12.0. The molecule has 3 aliphatic carbocycles. The summed E-state index contributed by atoms with van der Waals surface area (Å²) in [5.41, 5.74) is 7.25. The van der Waals surface area contributed by atoms with Crippen molar-refractivity contribution in [3.63, 3.8) is 0 Å². The number of esters is 2. The maximum atomic E-state index is 14.5. The SMILES string of the molecule is CNCc1cccc(-c2cc(O)cc3ccc(CC(=O)O[C@H]4C[C@@H]5c6cc(OC)c(O)cc6CC[C@H]5[C@@]5(/C=C/c6ccccc6)[C@H](CO)c6cc(O)c(OC)cc6C[C@@H]5[C@H](OC(C)=O)C4)cc23)c1. The molecule has 11 heteroatoms. The van der Waals surface area contributed by atoms with Crippen LogP contribution in [-0.4, -0.2) is 72.4 Å². The van der Waals surface area contributed by atoms with Crippen molar-refractivity contribution in [3.05, 3.63) is 154 Å². The van der Waals surface area contributed by atoms with Crippen molar-refractivity contribution >= 4 is 28.8 Å². The predicted octanol–water partition coefficient (Wildman–Crippen LogP) is 9.53. The molecule has 352 valence electrons. The monoisotopic (exact) mass is 917 g/mol. The van der Waals surface area contributed by atoms with Crippen LogP contribution in [0.5, 0.6) is 28.7 Å². The van der Waals surface area contributed by atoms with Crippen molar-refractivity contribution in [1.29, 1.82) is 0 Å². The number of aryl methyl sites for hydroxylation is 1. The average Bonchev–Trinajstić information content (AvgIpc) is 3.32.